The van der Waals surface area contributed by atoms with Crippen molar-refractivity contribution in [2.75, 3.05) is 6.61 Å². The first kappa shape index (κ1) is 13.6. The first-order valence-electron chi connectivity index (χ1n) is 7.05. The van der Waals surface area contributed by atoms with Crippen molar-refractivity contribution in [1.82, 2.24) is 9.55 Å². The number of hydrogen-bond acceptors (Lipinski definition) is 3. The van der Waals surface area contributed by atoms with Crippen LogP contribution in [0.4, 0.5) is 0 Å². The van der Waals surface area contributed by atoms with Gasteiger partial charge in [0, 0.05) is 13.2 Å². The highest BCUT2D eigenvalue weighted by Crippen LogP contribution is 2.26. The standard InChI is InChI=1S/C14H24N2O2/c1-2-7-16-11-15-8-13(16)10-18-14-5-3-12(9-17)4-6-14/h8,11-12,14,17H,2-7,9-10H2,1H3. The van der Waals surface area contributed by atoms with Crippen LogP contribution < -0.4 is 0 Å². The number of rotatable bonds is 6. The SMILES string of the molecule is CCCn1cncc1COC1CCC(CO)CC1. The van der Waals surface area contributed by atoms with Crippen LogP contribution in [0.1, 0.15) is 44.7 Å². The summed E-state index contributed by atoms with van der Waals surface area (Å²) in [5, 5.41) is 9.10. The van der Waals surface area contributed by atoms with Gasteiger partial charge in [-0.15, -0.1) is 0 Å². The van der Waals surface area contributed by atoms with E-state index in [4.69, 9.17) is 9.84 Å². The molecule has 0 atom stereocenters. The number of hydrogen-bond donors (Lipinski definition) is 1. The maximum atomic E-state index is 9.10. The minimum absolute atomic E-state index is 0.329. The lowest BCUT2D eigenvalue weighted by Crippen LogP contribution is -2.23. The summed E-state index contributed by atoms with van der Waals surface area (Å²) >= 11 is 0. The van der Waals surface area contributed by atoms with Gasteiger partial charge in [0.1, 0.15) is 0 Å². The predicted octanol–water partition coefficient (Wildman–Crippen LogP) is 2.36. The van der Waals surface area contributed by atoms with E-state index in [0.717, 1.165) is 38.6 Å². The molecule has 0 bridgehead atoms. The van der Waals surface area contributed by atoms with Gasteiger partial charge in [0.15, 0.2) is 0 Å². The molecule has 1 aromatic rings. The molecular formula is C14H24N2O2. The second-order valence-corrected chi connectivity index (χ2v) is 5.21. The molecule has 1 aliphatic rings. The Balaban J connectivity index is 1.76. The van der Waals surface area contributed by atoms with E-state index in [2.05, 4.69) is 16.5 Å². The monoisotopic (exact) mass is 252 g/mol. The van der Waals surface area contributed by atoms with Crippen LogP contribution >= 0.6 is 0 Å². The van der Waals surface area contributed by atoms with Gasteiger partial charge in [0.25, 0.3) is 0 Å². The molecule has 1 saturated carbocycles. The van der Waals surface area contributed by atoms with E-state index in [1.54, 1.807) is 0 Å². The second kappa shape index (κ2) is 6.90. The molecular weight excluding hydrogens is 228 g/mol. The van der Waals surface area contributed by atoms with Crippen LogP contribution in [0.15, 0.2) is 12.5 Å². The largest absolute Gasteiger partial charge is 0.396 e. The summed E-state index contributed by atoms with van der Waals surface area (Å²) in [5.41, 5.74) is 1.17. The van der Waals surface area contributed by atoms with E-state index in [1.807, 2.05) is 12.5 Å². The van der Waals surface area contributed by atoms with Gasteiger partial charge < -0.3 is 14.4 Å². The molecule has 0 radical (unpaired) electrons. The van der Waals surface area contributed by atoms with Crippen LogP contribution in [0.25, 0.3) is 0 Å². The summed E-state index contributed by atoms with van der Waals surface area (Å²) in [5.74, 6) is 0.496. The molecule has 1 heterocycles. The third-order valence-corrected chi connectivity index (χ3v) is 3.78. The van der Waals surface area contributed by atoms with Crippen molar-refractivity contribution < 1.29 is 9.84 Å². The molecule has 0 saturated heterocycles. The first-order valence-corrected chi connectivity index (χ1v) is 7.05. The molecule has 0 aromatic carbocycles. The van der Waals surface area contributed by atoms with Crippen LogP contribution in [0.2, 0.25) is 0 Å². The fourth-order valence-corrected chi connectivity index (χ4v) is 2.59. The van der Waals surface area contributed by atoms with E-state index in [0.29, 0.717) is 25.2 Å². The van der Waals surface area contributed by atoms with Crippen LogP contribution in [-0.4, -0.2) is 27.4 Å². The minimum atomic E-state index is 0.329. The van der Waals surface area contributed by atoms with Gasteiger partial charge in [-0.3, -0.25) is 0 Å². The van der Waals surface area contributed by atoms with E-state index in [1.165, 1.54) is 5.69 Å². The summed E-state index contributed by atoms with van der Waals surface area (Å²) < 4.78 is 8.13. The normalized spacial score (nSPS) is 24.3. The molecule has 0 spiro atoms. The van der Waals surface area contributed by atoms with Crippen molar-refractivity contribution in [2.45, 2.75) is 58.3 Å². The van der Waals surface area contributed by atoms with E-state index < -0.39 is 0 Å². The van der Waals surface area contributed by atoms with E-state index in [-0.39, 0.29) is 0 Å². The molecule has 1 aliphatic carbocycles. The third kappa shape index (κ3) is 3.56. The fraction of sp³-hybridized carbons (Fsp3) is 0.786. The Morgan fingerprint density at radius 1 is 1.39 bits per heavy atom. The van der Waals surface area contributed by atoms with Crippen molar-refractivity contribution in [3.8, 4) is 0 Å². The summed E-state index contributed by atoms with van der Waals surface area (Å²) in [7, 11) is 0. The Labute approximate surface area is 109 Å². The Morgan fingerprint density at radius 2 is 2.17 bits per heavy atom. The Bertz CT molecular complexity index is 343. The van der Waals surface area contributed by atoms with Crippen molar-refractivity contribution in [3.05, 3.63) is 18.2 Å². The lowest BCUT2D eigenvalue weighted by Gasteiger charge is -2.27. The minimum Gasteiger partial charge on any atom is -0.396 e. The molecule has 2 rings (SSSR count). The maximum absolute atomic E-state index is 9.10. The smallest absolute Gasteiger partial charge is 0.0948 e. The quantitative estimate of drug-likeness (QED) is 0.845. The van der Waals surface area contributed by atoms with Crippen molar-refractivity contribution in [2.24, 2.45) is 5.92 Å². The van der Waals surface area contributed by atoms with Gasteiger partial charge >= 0.3 is 0 Å². The lowest BCUT2D eigenvalue weighted by atomic mass is 9.88. The zero-order valence-corrected chi connectivity index (χ0v) is 11.2. The number of aryl methyl sites for hydroxylation is 1. The van der Waals surface area contributed by atoms with Crippen molar-refractivity contribution in [1.29, 1.82) is 0 Å². The van der Waals surface area contributed by atoms with Gasteiger partial charge in [-0.25, -0.2) is 4.98 Å². The lowest BCUT2D eigenvalue weighted by molar-refractivity contribution is -0.00126. The van der Waals surface area contributed by atoms with Crippen LogP contribution in [0.3, 0.4) is 0 Å². The van der Waals surface area contributed by atoms with Crippen LogP contribution in [0.5, 0.6) is 0 Å². The highest BCUT2D eigenvalue weighted by Gasteiger charge is 2.21. The number of imidazole rings is 1. The maximum Gasteiger partial charge on any atom is 0.0948 e. The fourth-order valence-electron chi connectivity index (χ4n) is 2.59. The topological polar surface area (TPSA) is 47.3 Å². The molecule has 0 aliphatic heterocycles. The zero-order chi connectivity index (χ0) is 12.8. The third-order valence-electron chi connectivity index (χ3n) is 3.78. The van der Waals surface area contributed by atoms with E-state index in [9.17, 15) is 0 Å². The zero-order valence-electron chi connectivity index (χ0n) is 11.2. The van der Waals surface area contributed by atoms with Gasteiger partial charge in [-0.05, 0) is 38.0 Å². The average Bonchev–Trinajstić information content (AvgIpc) is 2.85. The molecule has 4 heteroatoms. The number of aliphatic hydroxyl groups is 1. The van der Waals surface area contributed by atoms with Gasteiger partial charge in [0.2, 0.25) is 0 Å². The Hall–Kier alpha value is -0.870. The van der Waals surface area contributed by atoms with Gasteiger partial charge in [-0.2, -0.15) is 0 Å². The number of ether oxygens (including phenoxy) is 1. The van der Waals surface area contributed by atoms with Crippen molar-refractivity contribution in [3.63, 3.8) is 0 Å². The molecule has 1 fully saturated rings. The van der Waals surface area contributed by atoms with Gasteiger partial charge in [-0.1, -0.05) is 6.92 Å². The molecule has 1 aromatic heterocycles. The summed E-state index contributed by atoms with van der Waals surface area (Å²) in [6, 6.07) is 0. The summed E-state index contributed by atoms with van der Waals surface area (Å²) in [4.78, 5) is 4.18. The number of nitrogens with zero attached hydrogens (tertiary/aromatic N) is 2. The Morgan fingerprint density at radius 3 is 2.83 bits per heavy atom. The highest BCUT2D eigenvalue weighted by atomic mass is 16.5. The molecule has 4 nitrogen and oxygen atoms in total. The molecule has 0 amide bonds. The molecule has 102 valence electrons. The highest BCUT2D eigenvalue weighted by molar-refractivity contribution is 4.96. The number of aliphatic hydroxyl groups excluding tert-OH is 1. The number of aromatic nitrogens is 2. The van der Waals surface area contributed by atoms with Crippen molar-refractivity contribution >= 4 is 0 Å². The predicted molar refractivity (Wildman–Crippen MR) is 70.1 cm³/mol. The molecule has 18 heavy (non-hydrogen) atoms. The summed E-state index contributed by atoms with van der Waals surface area (Å²) in [6.45, 7) is 4.17. The van der Waals surface area contributed by atoms with E-state index >= 15 is 0 Å². The molecule has 0 unspecified atom stereocenters. The van der Waals surface area contributed by atoms with Gasteiger partial charge in [0.05, 0.1) is 30.9 Å². The summed E-state index contributed by atoms with van der Waals surface area (Å²) in [6.07, 6.45) is 9.59. The Kier molecular flexibility index (Phi) is 5.20. The van der Waals surface area contributed by atoms with Crippen LogP contribution in [-0.2, 0) is 17.9 Å². The van der Waals surface area contributed by atoms with Crippen LogP contribution in [0, 0.1) is 5.92 Å². The molecule has 1 N–H and O–H groups in total. The average molecular weight is 252 g/mol. The first-order chi connectivity index (χ1) is 8.83. The second-order valence-electron chi connectivity index (χ2n) is 5.21.